The summed E-state index contributed by atoms with van der Waals surface area (Å²) in [6.45, 7) is 3.69. The van der Waals surface area contributed by atoms with Crippen LogP contribution >= 0.6 is 11.6 Å². The zero-order valence-corrected chi connectivity index (χ0v) is 14.4. The monoisotopic (exact) mass is 349 g/mol. The number of rotatable bonds is 2. The maximum absolute atomic E-state index is 12.5. The zero-order valence-electron chi connectivity index (χ0n) is 13.7. The van der Waals surface area contributed by atoms with Gasteiger partial charge in [0.25, 0.3) is 11.8 Å². The largest absolute Gasteiger partial charge is 0.353 e. The Morgan fingerprint density at radius 2 is 2.04 bits per heavy atom. The molecule has 2 heterocycles. The summed E-state index contributed by atoms with van der Waals surface area (Å²) >= 11 is 6.09. The van der Waals surface area contributed by atoms with Crippen molar-refractivity contribution >= 4 is 35.1 Å². The Labute approximate surface area is 146 Å². The Kier molecular flexibility index (Phi) is 5.04. The SMILES string of the molecule is Cc1ccc(NC(=O)C2CC(=O)NC(=[N+]3CCCCC3)N2)cc1Cl. The summed E-state index contributed by atoms with van der Waals surface area (Å²) in [5.41, 5.74) is 1.58. The molecule has 1 atom stereocenters. The molecule has 6 nitrogen and oxygen atoms in total. The van der Waals surface area contributed by atoms with Gasteiger partial charge in [0.2, 0.25) is 0 Å². The molecule has 1 aromatic carbocycles. The molecule has 0 spiro atoms. The number of piperidine rings is 1. The predicted molar refractivity (Wildman–Crippen MR) is 93.4 cm³/mol. The molecule has 24 heavy (non-hydrogen) atoms. The summed E-state index contributed by atoms with van der Waals surface area (Å²) in [5.74, 6) is 0.267. The molecule has 3 rings (SSSR count). The van der Waals surface area contributed by atoms with E-state index < -0.39 is 6.04 Å². The van der Waals surface area contributed by atoms with Gasteiger partial charge in [-0.3, -0.25) is 19.5 Å². The number of guanidine groups is 1. The molecule has 3 N–H and O–H groups in total. The first-order chi connectivity index (χ1) is 11.5. The van der Waals surface area contributed by atoms with Crippen LogP contribution in [-0.2, 0) is 9.59 Å². The number of benzene rings is 1. The summed E-state index contributed by atoms with van der Waals surface area (Å²) < 4.78 is 2.10. The highest BCUT2D eigenvalue weighted by Gasteiger charge is 2.35. The van der Waals surface area contributed by atoms with Crippen LogP contribution in [0.3, 0.4) is 0 Å². The van der Waals surface area contributed by atoms with Crippen LogP contribution in [0.4, 0.5) is 5.69 Å². The van der Waals surface area contributed by atoms with Gasteiger partial charge in [-0.05, 0) is 43.9 Å². The normalized spacial score (nSPS) is 21.1. The second kappa shape index (κ2) is 7.21. The predicted octanol–water partition coefficient (Wildman–Crippen LogP) is 1.62. The van der Waals surface area contributed by atoms with Gasteiger partial charge in [-0.2, -0.15) is 0 Å². The first-order valence-corrected chi connectivity index (χ1v) is 8.66. The summed E-state index contributed by atoms with van der Waals surface area (Å²) in [7, 11) is 0. The van der Waals surface area contributed by atoms with E-state index in [2.05, 4.69) is 20.5 Å². The summed E-state index contributed by atoms with van der Waals surface area (Å²) in [5, 5.41) is 9.43. The number of amides is 2. The van der Waals surface area contributed by atoms with Gasteiger partial charge in [-0.15, -0.1) is 0 Å². The summed E-state index contributed by atoms with van der Waals surface area (Å²) in [6.07, 6.45) is 3.51. The molecule has 1 unspecified atom stereocenters. The van der Waals surface area contributed by atoms with Crippen LogP contribution in [0.2, 0.25) is 5.02 Å². The fraction of sp³-hybridized carbons (Fsp3) is 0.471. The van der Waals surface area contributed by atoms with Gasteiger partial charge >= 0.3 is 5.96 Å². The van der Waals surface area contributed by atoms with E-state index in [9.17, 15) is 9.59 Å². The molecule has 1 aromatic rings. The van der Waals surface area contributed by atoms with Gasteiger partial charge in [0, 0.05) is 10.7 Å². The smallest absolute Gasteiger partial charge is 0.323 e. The van der Waals surface area contributed by atoms with Gasteiger partial charge in [-0.1, -0.05) is 17.7 Å². The molecule has 2 amide bonds. The van der Waals surface area contributed by atoms with Gasteiger partial charge < -0.3 is 5.32 Å². The summed E-state index contributed by atoms with van der Waals surface area (Å²) in [4.78, 5) is 24.5. The quantitative estimate of drug-likeness (QED) is 0.710. The molecule has 2 saturated heterocycles. The molecule has 7 heteroatoms. The van der Waals surface area contributed by atoms with Gasteiger partial charge in [0.05, 0.1) is 19.5 Å². The molecule has 2 aliphatic heterocycles. The Morgan fingerprint density at radius 1 is 1.29 bits per heavy atom. The van der Waals surface area contributed by atoms with Crippen molar-refractivity contribution in [3.63, 3.8) is 0 Å². The minimum atomic E-state index is -0.587. The first-order valence-electron chi connectivity index (χ1n) is 8.28. The Hall–Kier alpha value is -2.08. The van der Waals surface area contributed by atoms with Crippen LogP contribution in [0.5, 0.6) is 0 Å². The standard InChI is InChI=1S/C17H21ClN4O2/c1-11-5-6-12(9-13(11)18)19-16(24)14-10-15(23)21-17(20-14)22-7-3-2-4-8-22/h5-6,9,14H,2-4,7-8,10H2,1H3,(H2,19,20,21,23,24)/p+1. The topological polar surface area (TPSA) is 73.2 Å². The van der Waals surface area contributed by atoms with E-state index in [1.807, 2.05) is 13.0 Å². The fourth-order valence-corrected chi connectivity index (χ4v) is 3.15. The van der Waals surface area contributed by atoms with Crippen molar-refractivity contribution in [3.05, 3.63) is 28.8 Å². The molecule has 0 aromatic heterocycles. The molecule has 0 aliphatic carbocycles. The number of nitrogens with one attached hydrogen (secondary N) is 3. The molecule has 2 fully saturated rings. The number of hydrogen-bond acceptors (Lipinski definition) is 2. The number of carbonyl (C=O) groups excluding carboxylic acids is 2. The number of aryl methyl sites for hydroxylation is 1. The van der Waals surface area contributed by atoms with Gasteiger partial charge in [-0.25, -0.2) is 5.32 Å². The van der Waals surface area contributed by atoms with Crippen LogP contribution in [0.15, 0.2) is 18.2 Å². The molecule has 0 saturated carbocycles. The van der Waals surface area contributed by atoms with E-state index in [-0.39, 0.29) is 18.2 Å². The number of hydrogen-bond donors (Lipinski definition) is 3. The first kappa shape index (κ1) is 16.8. The van der Waals surface area contributed by atoms with Crippen molar-refractivity contribution in [1.29, 1.82) is 0 Å². The average molecular weight is 350 g/mol. The van der Waals surface area contributed by atoms with E-state index in [4.69, 9.17) is 11.6 Å². The maximum Gasteiger partial charge on any atom is 0.353 e. The van der Waals surface area contributed by atoms with Crippen molar-refractivity contribution in [1.82, 2.24) is 10.6 Å². The lowest BCUT2D eigenvalue weighted by atomic mass is 10.1. The number of halogens is 1. The van der Waals surface area contributed by atoms with E-state index in [0.29, 0.717) is 16.7 Å². The Morgan fingerprint density at radius 3 is 2.75 bits per heavy atom. The minimum Gasteiger partial charge on any atom is -0.323 e. The number of carbonyl (C=O) groups is 2. The molecule has 0 radical (unpaired) electrons. The van der Waals surface area contributed by atoms with E-state index in [1.54, 1.807) is 12.1 Å². The van der Waals surface area contributed by atoms with Crippen molar-refractivity contribution < 1.29 is 14.2 Å². The summed E-state index contributed by atoms with van der Waals surface area (Å²) in [6, 6.07) is 4.78. The molecule has 2 aliphatic rings. The number of anilines is 1. The van der Waals surface area contributed by atoms with Crippen LogP contribution in [-0.4, -0.2) is 41.5 Å². The highest BCUT2D eigenvalue weighted by Crippen LogP contribution is 2.20. The minimum absolute atomic E-state index is 0.114. The fourth-order valence-electron chi connectivity index (χ4n) is 2.97. The van der Waals surface area contributed by atoms with Crippen molar-refractivity contribution in [3.8, 4) is 0 Å². The van der Waals surface area contributed by atoms with Gasteiger partial charge in [0.15, 0.2) is 6.04 Å². The third-order valence-corrected chi connectivity index (χ3v) is 4.79. The van der Waals surface area contributed by atoms with E-state index in [1.165, 1.54) is 6.42 Å². The van der Waals surface area contributed by atoms with Crippen LogP contribution < -0.4 is 16.0 Å². The Bertz CT molecular complexity index is 694. The lowest BCUT2D eigenvalue weighted by Crippen LogP contribution is -2.60. The average Bonchev–Trinajstić information content (AvgIpc) is 2.58. The highest BCUT2D eigenvalue weighted by molar-refractivity contribution is 6.31. The number of nitrogens with zero attached hydrogens (tertiary/aromatic N) is 1. The lowest BCUT2D eigenvalue weighted by Gasteiger charge is -2.24. The molecular weight excluding hydrogens is 328 g/mol. The van der Waals surface area contributed by atoms with E-state index >= 15 is 0 Å². The molecule has 0 bridgehead atoms. The molecular formula is C17H22ClN4O2+. The third-order valence-electron chi connectivity index (χ3n) is 4.39. The highest BCUT2D eigenvalue weighted by atomic mass is 35.5. The second-order valence-corrected chi connectivity index (χ2v) is 6.71. The van der Waals surface area contributed by atoms with Crippen LogP contribution in [0, 0.1) is 6.92 Å². The van der Waals surface area contributed by atoms with Crippen LogP contribution in [0.1, 0.15) is 31.2 Å². The maximum atomic E-state index is 12.5. The third kappa shape index (κ3) is 3.87. The van der Waals surface area contributed by atoms with Crippen molar-refractivity contribution in [2.45, 2.75) is 38.6 Å². The molecule has 128 valence electrons. The van der Waals surface area contributed by atoms with E-state index in [0.717, 1.165) is 31.5 Å². The van der Waals surface area contributed by atoms with Crippen molar-refractivity contribution in [2.24, 2.45) is 0 Å². The Balaban J connectivity index is 1.71. The van der Waals surface area contributed by atoms with Crippen LogP contribution in [0.25, 0.3) is 0 Å². The second-order valence-electron chi connectivity index (χ2n) is 6.30. The zero-order chi connectivity index (χ0) is 17.1. The van der Waals surface area contributed by atoms with Crippen molar-refractivity contribution in [2.75, 3.05) is 18.4 Å². The lowest BCUT2D eigenvalue weighted by molar-refractivity contribution is -0.541. The van der Waals surface area contributed by atoms with Gasteiger partial charge in [0.1, 0.15) is 0 Å².